The van der Waals surface area contributed by atoms with Crippen LogP contribution in [0.25, 0.3) is 0 Å². The Hall–Kier alpha value is -1.55. The number of anilines is 2. The van der Waals surface area contributed by atoms with Crippen LogP contribution in [0.1, 0.15) is 32.3 Å². The average molecular weight is 274 g/mol. The van der Waals surface area contributed by atoms with Crippen LogP contribution in [-0.4, -0.2) is 31.2 Å². The second kappa shape index (κ2) is 5.44. The van der Waals surface area contributed by atoms with Crippen LogP contribution >= 0.6 is 0 Å². The van der Waals surface area contributed by atoms with Gasteiger partial charge in [0.1, 0.15) is 0 Å². The molecular formula is C16H22N2O2. The summed E-state index contributed by atoms with van der Waals surface area (Å²) in [5, 5.41) is 3.60. The van der Waals surface area contributed by atoms with Crippen molar-refractivity contribution in [2.24, 2.45) is 0 Å². The molecule has 1 aromatic carbocycles. The molecule has 3 rings (SSSR count). The van der Waals surface area contributed by atoms with E-state index in [9.17, 15) is 4.79 Å². The number of hydrogen-bond donors (Lipinski definition) is 1. The number of ether oxygens (including phenoxy) is 1. The number of amides is 1. The monoisotopic (exact) mass is 274 g/mol. The van der Waals surface area contributed by atoms with Crippen molar-refractivity contribution in [2.75, 3.05) is 23.4 Å². The summed E-state index contributed by atoms with van der Waals surface area (Å²) in [7, 11) is 0. The first kappa shape index (κ1) is 13.4. The van der Waals surface area contributed by atoms with E-state index in [1.165, 1.54) is 5.56 Å². The average Bonchev–Trinajstić information content (AvgIpc) is 2.82. The SMILES string of the molecule is CC(=O)N1CCc2cc(NC3CCOC(C)C3)ccc21. The fraction of sp³-hybridized carbons (Fsp3) is 0.562. The molecule has 2 heterocycles. The third-order valence-electron chi connectivity index (χ3n) is 4.21. The van der Waals surface area contributed by atoms with Crippen LogP contribution < -0.4 is 10.2 Å². The highest BCUT2D eigenvalue weighted by atomic mass is 16.5. The van der Waals surface area contributed by atoms with E-state index in [4.69, 9.17) is 4.74 Å². The Kier molecular flexibility index (Phi) is 3.66. The zero-order valence-electron chi connectivity index (χ0n) is 12.2. The molecule has 4 nitrogen and oxygen atoms in total. The zero-order chi connectivity index (χ0) is 14.1. The van der Waals surface area contributed by atoms with E-state index >= 15 is 0 Å². The lowest BCUT2D eigenvalue weighted by Gasteiger charge is -2.29. The lowest BCUT2D eigenvalue weighted by atomic mass is 10.0. The third kappa shape index (κ3) is 2.66. The number of hydrogen-bond acceptors (Lipinski definition) is 3. The summed E-state index contributed by atoms with van der Waals surface area (Å²) in [5.74, 6) is 0.128. The van der Waals surface area contributed by atoms with E-state index < -0.39 is 0 Å². The summed E-state index contributed by atoms with van der Waals surface area (Å²) < 4.78 is 5.58. The maximum absolute atomic E-state index is 11.5. The van der Waals surface area contributed by atoms with Crippen LogP contribution in [0.4, 0.5) is 11.4 Å². The van der Waals surface area contributed by atoms with Crippen molar-refractivity contribution in [1.82, 2.24) is 0 Å². The van der Waals surface area contributed by atoms with Crippen molar-refractivity contribution < 1.29 is 9.53 Å². The fourth-order valence-electron chi connectivity index (χ4n) is 3.18. The standard InChI is InChI=1S/C16H22N2O2/c1-11-9-15(6-8-20-11)17-14-3-4-16-13(10-14)5-7-18(16)12(2)19/h3-4,10-11,15,17H,5-9H2,1-2H3. The molecule has 1 aromatic rings. The Morgan fingerprint density at radius 2 is 2.30 bits per heavy atom. The van der Waals surface area contributed by atoms with E-state index in [1.807, 2.05) is 4.90 Å². The Morgan fingerprint density at radius 3 is 3.05 bits per heavy atom. The topological polar surface area (TPSA) is 41.6 Å². The van der Waals surface area contributed by atoms with E-state index in [0.717, 1.165) is 43.8 Å². The van der Waals surface area contributed by atoms with Gasteiger partial charge < -0.3 is 15.0 Å². The maximum Gasteiger partial charge on any atom is 0.223 e. The van der Waals surface area contributed by atoms with E-state index in [0.29, 0.717) is 12.1 Å². The van der Waals surface area contributed by atoms with Crippen LogP contribution in [-0.2, 0) is 16.0 Å². The van der Waals surface area contributed by atoms with Gasteiger partial charge in [-0.05, 0) is 49.9 Å². The lowest BCUT2D eigenvalue weighted by Crippen LogP contribution is -2.32. The lowest BCUT2D eigenvalue weighted by molar-refractivity contribution is -0.116. The quantitative estimate of drug-likeness (QED) is 0.901. The molecule has 0 spiro atoms. The molecule has 4 heteroatoms. The second-order valence-electron chi connectivity index (χ2n) is 5.81. The number of carbonyl (C=O) groups excluding carboxylic acids is 1. The van der Waals surface area contributed by atoms with Crippen LogP contribution in [0.2, 0.25) is 0 Å². The van der Waals surface area contributed by atoms with Crippen LogP contribution in [0.15, 0.2) is 18.2 Å². The van der Waals surface area contributed by atoms with E-state index in [-0.39, 0.29) is 5.91 Å². The summed E-state index contributed by atoms with van der Waals surface area (Å²) in [5.41, 5.74) is 3.50. The molecule has 0 radical (unpaired) electrons. The number of rotatable bonds is 2. The molecular weight excluding hydrogens is 252 g/mol. The van der Waals surface area contributed by atoms with Gasteiger partial charge in [0.05, 0.1) is 6.10 Å². The molecule has 2 aliphatic rings. The van der Waals surface area contributed by atoms with Gasteiger partial charge in [-0.25, -0.2) is 0 Å². The highest BCUT2D eigenvalue weighted by Gasteiger charge is 2.23. The molecule has 1 saturated heterocycles. The highest BCUT2D eigenvalue weighted by molar-refractivity contribution is 5.94. The van der Waals surface area contributed by atoms with Gasteiger partial charge in [0.2, 0.25) is 5.91 Å². The number of nitrogens with one attached hydrogen (secondary N) is 1. The van der Waals surface area contributed by atoms with E-state index in [2.05, 4.69) is 30.4 Å². The minimum atomic E-state index is 0.128. The van der Waals surface area contributed by atoms with Crippen molar-refractivity contribution in [3.05, 3.63) is 23.8 Å². The predicted molar refractivity (Wildman–Crippen MR) is 80.2 cm³/mol. The van der Waals surface area contributed by atoms with Gasteiger partial charge in [-0.1, -0.05) is 0 Å². The van der Waals surface area contributed by atoms with Gasteiger partial charge in [0.25, 0.3) is 0 Å². The summed E-state index contributed by atoms with van der Waals surface area (Å²) in [6, 6.07) is 6.83. The Labute approximate surface area is 120 Å². The zero-order valence-corrected chi connectivity index (χ0v) is 12.2. The summed E-state index contributed by atoms with van der Waals surface area (Å²) in [4.78, 5) is 13.4. The first-order chi connectivity index (χ1) is 9.63. The van der Waals surface area contributed by atoms with Crippen molar-refractivity contribution in [3.8, 4) is 0 Å². The van der Waals surface area contributed by atoms with Gasteiger partial charge in [-0.15, -0.1) is 0 Å². The molecule has 2 atom stereocenters. The largest absolute Gasteiger partial charge is 0.382 e. The van der Waals surface area contributed by atoms with Gasteiger partial charge in [0, 0.05) is 37.5 Å². The molecule has 20 heavy (non-hydrogen) atoms. The minimum absolute atomic E-state index is 0.128. The molecule has 2 unspecified atom stereocenters. The molecule has 0 bridgehead atoms. The van der Waals surface area contributed by atoms with Crippen molar-refractivity contribution in [2.45, 2.75) is 45.3 Å². The number of fused-ring (bicyclic) bond motifs is 1. The van der Waals surface area contributed by atoms with Crippen LogP contribution in [0.3, 0.4) is 0 Å². The maximum atomic E-state index is 11.5. The van der Waals surface area contributed by atoms with Gasteiger partial charge in [-0.2, -0.15) is 0 Å². The first-order valence-electron chi connectivity index (χ1n) is 7.42. The third-order valence-corrected chi connectivity index (χ3v) is 4.21. The van der Waals surface area contributed by atoms with Gasteiger partial charge >= 0.3 is 0 Å². The number of nitrogens with zero attached hydrogens (tertiary/aromatic N) is 1. The molecule has 2 aliphatic heterocycles. The molecule has 1 fully saturated rings. The summed E-state index contributed by atoms with van der Waals surface area (Å²) >= 11 is 0. The van der Waals surface area contributed by atoms with Crippen molar-refractivity contribution in [3.63, 3.8) is 0 Å². The minimum Gasteiger partial charge on any atom is -0.382 e. The molecule has 0 aliphatic carbocycles. The molecule has 108 valence electrons. The van der Waals surface area contributed by atoms with Crippen molar-refractivity contribution in [1.29, 1.82) is 0 Å². The van der Waals surface area contributed by atoms with Gasteiger partial charge in [0.15, 0.2) is 0 Å². The Balaban J connectivity index is 1.72. The van der Waals surface area contributed by atoms with Crippen LogP contribution in [0, 0.1) is 0 Å². The van der Waals surface area contributed by atoms with E-state index in [1.54, 1.807) is 6.92 Å². The van der Waals surface area contributed by atoms with Crippen LogP contribution in [0.5, 0.6) is 0 Å². The molecule has 1 amide bonds. The number of benzene rings is 1. The molecule has 1 N–H and O–H groups in total. The predicted octanol–water partition coefficient (Wildman–Crippen LogP) is 2.58. The van der Waals surface area contributed by atoms with Crippen molar-refractivity contribution >= 4 is 17.3 Å². The second-order valence-corrected chi connectivity index (χ2v) is 5.81. The normalized spacial score (nSPS) is 25.4. The van der Waals surface area contributed by atoms with Gasteiger partial charge in [-0.3, -0.25) is 4.79 Å². The summed E-state index contributed by atoms with van der Waals surface area (Å²) in [6.07, 6.45) is 3.40. The first-order valence-corrected chi connectivity index (χ1v) is 7.42. The number of carbonyl (C=O) groups is 1. The smallest absolute Gasteiger partial charge is 0.223 e. The Morgan fingerprint density at radius 1 is 1.45 bits per heavy atom. The Bertz CT molecular complexity index is 515. The summed E-state index contributed by atoms with van der Waals surface area (Å²) in [6.45, 7) is 5.40. The highest BCUT2D eigenvalue weighted by Crippen LogP contribution is 2.31. The molecule has 0 saturated carbocycles. The molecule has 0 aromatic heterocycles. The fourth-order valence-corrected chi connectivity index (χ4v) is 3.18.